The Morgan fingerprint density at radius 1 is 1.38 bits per heavy atom. The Labute approximate surface area is 94.2 Å². The van der Waals surface area contributed by atoms with E-state index < -0.39 is 5.97 Å². The molecule has 0 fully saturated rings. The zero-order valence-electron chi connectivity index (χ0n) is 9.52. The van der Waals surface area contributed by atoms with Crippen LogP contribution in [0.5, 0.6) is 5.75 Å². The molecular formula is C12H14O4. The van der Waals surface area contributed by atoms with Crippen molar-refractivity contribution < 1.29 is 19.1 Å². The van der Waals surface area contributed by atoms with E-state index in [0.717, 1.165) is 11.8 Å². The third-order valence-electron chi connectivity index (χ3n) is 2.36. The molecule has 1 unspecified atom stereocenters. The lowest BCUT2D eigenvalue weighted by atomic mass is 10.0. The van der Waals surface area contributed by atoms with Gasteiger partial charge in [0.2, 0.25) is 0 Å². The fourth-order valence-electron chi connectivity index (χ4n) is 1.35. The normalized spacial score (nSPS) is 11.7. The van der Waals surface area contributed by atoms with Crippen LogP contribution in [0.2, 0.25) is 0 Å². The highest BCUT2D eigenvalue weighted by Gasteiger charge is 2.14. The average Bonchev–Trinajstić information content (AvgIpc) is 2.35. The molecule has 0 heterocycles. The van der Waals surface area contributed by atoms with Crippen molar-refractivity contribution in [3.8, 4) is 5.75 Å². The molecule has 1 atom stereocenters. The van der Waals surface area contributed by atoms with Crippen molar-refractivity contribution in [3.63, 3.8) is 0 Å². The monoisotopic (exact) mass is 222 g/mol. The molecule has 0 saturated heterocycles. The van der Waals surface area contributed by atoms with Gasteiger partial charge in [-0.05, 0) is 17.7 Å². The zero-order chi connectivity index (χ0) is 12.1. The molecule has 1 aromatic rings. The Bertz CT molecular complexity index is 398. The van der Waals surface area contributed by atoms with Gasteiger partial charge in [0.25, 0.3) is 0 Å². The molecular weight excluding hydrogens is 208 g/mol. The number of esters is 1. The van der Waals surface area contributed by atoms with Gasteiger partial charge in [0.1, 0.15) is 17.6 Å². The number of ether oxygens (including phenoxy) is 2. The minimum atomic E-state index is -0.456. The summed E-state index contributed by atoms with van der Waals surface area (Å²) in [6.45, 7) is 1.78. The molecule has 0 amide bonds. The Kier molecular flexibility index (Phi) is 4.05. The maximum Gasteiger partial charge on any atom is 0.341 e. The van der Waals surface area contributed by atoms with Crippen LogP contribution in [-0.2, 0) is 9.53 Å². The molecule has 1 aromatic carbocycles. The summed E-state index contributed by atoms with van der Waals surface area (Å²) in [7, 11) is 2.78. The van der Waals surface area contributed by atoms with E-state index in [4.69, 9.17) is 4.74 Å². The summed E-state index contributed by atoms with van der Waals surface area (Å²) in [6, 6.07) is 4.99. The van der Waals surface area contributed by atoms with Gasteiger partial charge in [0, 0.05) is 5.92 Å². The van der Waals surface area contributed by atoms with E-state index in [-0.39, 0.29) is 5.92 Å². The minimum Gasteiger partial charge on any atom is -0.496 e. The number of methoxy groups -OCH3 is 2. The molecule has 0 aromatic heterocycles. The SMILES string of the molecule is COC(=O)c1ccc(C(C)C=O)cc1OC. The summed E-state index contributed by atoms with van der Waals surface area (Å²) in [4.78, 5) is 22.0. The Hall–Kier alpha value is -1.84. The molecule has 16 heavy (non-hydrogen) atoms. The lowest BCUT2D eigenvalue weighted by Gasteiger charge is -2.10. The molecule has 0 aliphatic rings. The number of rotatable bonds is 4. The molecule has 0 aliphatic carbocycles. The molecule has 0 saturated carbocycles. The van der Waals surface area contributed by atoms with Gasteiger partial charge in [0.15, 0.2) is 0 Å². The summed E-state index contributed by atoms with van der Waals surface area (Å²) in [5.74, 6) is -0.263. The van der Waals surface area contributed by atoms with Crippen molar-refractivity contribution in [2.24, 2.45) is 0 Å². The number of aldehydes is 1. The third-order valence-corrected chi connectivity index (χ3v) is 2.36. The van der Waals surface area contributed by atoms with Crippen LogP contribution in [0.3, 0.4) is 0 Å². The largest absolute Gasteiger partial charge is 0.496 e. The highest BCUT2D eigenvalue weighted by Crippen LogP contribution is 2.24. The Morgan fingerprint density at radius 3 is 2.56 bits per heavy atom. The molecule has 4 heteroatoms. The number of benzene rings is 1. The lowest BCUT2D eigenvalue weighted by Crippen LogP contribution is -2.05. The van der Waals surface area contributed by atoms with E-state index in [0.29, 0.717) is 11.3 Å². The summed E-state index contributed by atoms with van der Waals surface area (Å²) in [5.41, 5.74) is 1.16. The topological polar surface area (TPSA) is 52.6 Å². The molecule has 1 rings (SSSR count). The van der Waals surface area contributed by atoms with Gasteiger partial charge in [0.05, 0.1) is 14.2 Å². The van der Waals surface area contributed by atoms with E-state index in [1.165, 1.54) is 14.2 Å². The van der Waals surface area contributed by atoms with Crippen LogP contribution in [0.4, 0.5) is 0 Å². The van der Waals surface area contributed by atoms with E-state index in [1.807, 2.05) is 0 Å². The first-order chi connectivity index (χ1) is 7.63. The fraction of sp³-hybridized carbons (Fsp3) is 0.333. The molecule has 0 radical (unpaired) electrons. The van der Waals surface area contributed by atoms with E-state index in [1.54, 1.807) is 25.1 Å². The molecule has 86 valence electrons. The fourth-order valence-corrected chi connectivity index (χ4v) is 1.35. The van der Waals surface area contributed by atoms with Crippen molar-refractivity contribution in [1.29, 1.82) is 0 Å². The quantitative estimate of drug-likeness (QED) is 0.575. The highest BCUT2D eigenvalue weighted by molar-refractivity contribution is 5.92. The van der Waals surface area contributed by atoms with Crippen molar-refractivity contribution in [2.75, 3.05) is 14.2 Å². The van der Waals surface area contributed by atoms with Crippen molar-refractivity contribution in [3.05, 3.63) is 29.3 Å². The van der Waals surface area contributed by atoms with Crippen LogP contribution in [0.15, 0.2) is 18.2 Å². The predicted octanol–water partition coefficient (Wildman–Crippen LogP) is 1.78. The molecule has 0 aliphatic heterocycles. The maximum atomic E-state index is 11.4. The smallest absolute Gasteiger partial charge is 0.341 e. The van der Waals surface area contributed by atoms with E-state index in [2.05, 4.69) is 4.74 Å². The summed E-state index contributed by atoms with van der Waals surface area (Å²) in [6.07, 6.45) is 0.840. The summed E-state index contributed by atoms with van der Waals surface area (Å²) >= 11 is 0. The van der Waals surface area contributed by atoms with Crippen LogP contribution < -0.4 is 4.74 Å². The van der Waals surface area contributed by atoms with Gasteiger partial charge in [-0.15, -0.1) is 0 Å². The molecule has 0 spiro atoms. The number of carbonyl (C=O) groups excluding carboxylic acids is 2. The average molecular weight is 222 g/mol. The Morgan fingerprint density at radius 2 is 2.06 bits per heavy atom. The first-order valence-electron chi connectivity index (χ1n) is 4.85. The highest BCUT2D eigenvalue weighted by atomic mass is 16.5. The van der Waals surface area contributed by atoms with E-state index in [9.17, 15) is 9.59 Å². The summed E-state index contributed by atoms with van der Waals surface area (Å²) < 4.78 is 9.70. The second kappa shape index (κ2) is 5.30. The van der Waals surface area contributed by atoms with Gasteiger partial charge in [-0.2, -0.15) is 0 Å². The number of hydrogen-bond donors (Lipinski definition) is 0. The predicted molar refractivity (Wildman–Crippen MR) is 58.8 cm³/mol. The molecule has 0 bridgehead atoms. The van der Waals surface area contributed by atoms with Gasteiger partial charge < -0.3 is 14.3 Å². The van der Waals surface area contributed by atoms with Gasteiger partial charge in [-0.1, -0.05) is 13.0 Å². The van der Waals surface area contributed by atoms with Crippen molar-refractivity contribution in [2.45, 2.75) is 12.8 Å². The third kappa shape index (κ3) is 2.39. The van der Waals surface area contributed by atoms with Gasteiger partial charge in [-0.25, -0.2) is 4.79 Å². The van der Waals surface area contributed by atoms with Gasteiger partial charge >= 0.3 is 5.97 Å². The summed E-state index contributed by atoms with van der Waals surface area (Å²) in [5, 5.41) is 0. The maximum absolute atomic E-state index is 11.4. The van der Waals surface area contributed by atoms with Gasteiger partial charge in [-0.3, -0.25) is 0 Å². The Balaban J connectivity index is 3.16. The van der Waals surface area contributed by atoms with Crippen LogP contribution in [0, 0.1) is 0 Å². The van der Waals surface area contributed by atoms with Crippen LogP contribution in [-0.4, -0.2) is 26.5 Å². The lowest BCUT2D eigenvalue weighted by molar-refractivity contribution is -0.108. The van der Waals surface area contributed by atoms with Crippen molar-refractivity contribution in [1.82, 2.24) is 0 Å². The first kappa shape index (κ1) is 12.2. The van der Waals surface area contributed by atoms with Crippen LogP contribution in [0.1, 0.15) is 28.8 Å². The van der Waals surface area contributed by atoms with Crippen LogP contribution in [0.25, 0.3) is 0 Å². The number of carbonyl (C=O) groups is 2. The standard InChI is InChI=1S/C12H14O4/c1-8(7-13)9-4-5-10(12(14)16-3)11(6-9)15-2/h4-8H,1-3H3. The zero-order valence-corrected chi connectivity index (χ0v) is 9.52. The van der Waals surface area contributed by atoms with E-state index >= 15 is 0 Å². The molecule has 0 N–H and O–H groups in total. The number of hydrogen-bond acceptors (Lipinski definition) is 4. The van der Waals surface area contributed by atoms with Crippen LogP contribution >= 0.6 is 0 Å². The first-order valence-corrected chi connectivity index (χ1v) is 4.85. The van der Waals surface area contributed by atoms with Crippen molar-refractivity contribution >= 4 is 12.3 Å². The second-order valence-corrected chi connectivity index (χ2v) is 3.38. The molecule has 4 nitrogen and oxygen atoms in total. The minimum absolute atomic E-state index is 0.222. The second-order valence-electron chi connectivity index (χ2n) is 3.38.